The smallest absolute Gasteiger partial charge is 0.255 e. The number of hydrogen-bond acceptors (Lipinski definition) is 1. The van der Waals surface area contributed by atoms with Crippen LogP contribution in [0.5, 0.6) is 0 Å². The molecule has 0 radical (unpaired) electrons. The molecular formula is C12H12Cl2FNO. The Balaban J connectivity index is 2.24. The Bertz CT molecular complexity index is 439. The molecule has 0 aliphatic carbocycles. The van der Waals surface area contributed by atoms with E-state index >= 15 is 0 Å². The zero-order chi connectivity index (χ0) is 12.4. The van der Waals surface area contributed by atoms with Crippen molar-refractivity contribution in [3.63, 3.8) is 0 Å². The molecule has 92 valence electrons. The summed E-state index contributed by atoms with van der Waals surface area (Å²) in [6.45, 7) is 0.684. The van der Waals surface area contributed by atoms with Crippen molar-refractivity contribution in [1.82, 2.24) is 4.90 Å². The maximum atomic E-state index is 12.9. The first kappa shape index (κ1) is 12.7. The molecule has 1 amide bonds. The van der Waals surface area contributed by atoms with Crippen LogP contribution < -0.4 is 0 Å². The Morgan fingerprint density at radius 3 is 2.94 bits per heavy atom. The molecular weight excluding hydrogens is 264 g/mol. The fourth-order valence-electron chi connectivity index (χ4n) is 2.08. The molecule has 0 spiro atoms. The summed E-state index contributed by atoms with van der Waals surface area (Å²) in [4.78, 5) is 13.9. The number of carbonyl (C=O) groups is 1. The van der Waals surface area contributed by atoms with E-state index in [0.717, 1.165) is 18.9 Å². The molecule has 1 aliphatic heterocycles. The van der Waals surface area contributed by atoms with Gasteiger partial charge in [0.25, 0.3) is 5.91 Å². The summed E-state index contributed by atoms with van der Waals surface area (Å²) in [5, 5.41) is 0.148. The molecule has 1 aliphatic rings. The highest BCUT2D eigenvalue weighted by Crippen LogP contribution is 2.24. The van der Waals surface area contributed by atoms with Gasteiger partial charge in [0.05, 0.1) is 10.6 Å². The highest BCUT2D eigenvalue weighted by atomic mass is 35.5. The van der Waals surface area contributed by atoms with Crippen LogP contribution in [0.15, 0.2) is 18.2 Å². The van der Waals surface area contributed by atoms with Crippen molar-refractivity contribution in [3.8, 4) is 0 Å². The molecule has 1 fully saturated rings. The lowest BCUT2D eigenvalue weighted by Crippen LogP contribution is -2.36. The second-order valence-corrected chi connectivity index (χ2v) is 4.79. The molecule has 1 saturated heterocycles. The highest BCUT2D eigenvalue weighted by molar-refractivity contribution is 6.33. The van der Waals surface area contributed by atoms with E-state index in [1.54, 1.807) is 4.90 Å². The van der Waals surface area contributed by atoms with Gasteiger partial charge in [-0.1, -0.05) is 11.6 Å². The van der Waals surface area contributed by atoms with E-state index in [-0.39, 0.29) is 17.0 Å². The van der Waals surface area contributed by atoms with Gasteiger partial charge in [-0.2, -0.15) is 0 Å². The first-order chi connectivity index (χ1) is 8.13. The van der Waals surface area contributed by atoms with Gasteiger partial charge in [0.1, 0.15) is 5.82 Å². The lowest BCUT2D eigenvalue weighted by Gasteiger charge is -2.23. The number of likely N-dealkylation sites (tertiary alicyclic amines) is 1. The number of rotatable bonds is 2. The van der Waals surface area contributed by atoms with Crippen LogP contribution in [0.3, 0.4) is 0 Å². The zero-order valence-corrected chi connectivity index (χ0v) is 10.6. The van der Waals surface area contributed by atoms with Gasteiger partial charge in [0.2, 0.25) is 0 Å². The largest absolute Gasteiger partial charge is 0.334 e. The van der Waals surface area contributed by atoms with Crippen molar-refractivity contribution in [2.24, 2.45) is 0 Å². The Hall–Kier alpha value is -0.800. The van der Waals surface area contributed by atoms with Crippen LogP contribution in [0, 0.1) is 5.82 Å². The SMILES string of the molecule is O=C(c1ccc(F)cc1Cl)N1CCCC1CCl. The monoisotopic (exact) mass is 275 g/mol. The van der Waals surface area contributed by atoms with Crippen molar-refractivity contribution >= 4 is 29.1 Å². The summed E-state index contributed by atoms with van der Waals surface area (Å²) < 4.78 is 12.9. The summed E-state index contributed by atoms with van der Waals surface area (Å²) in [6.07, 6.45) is 1.86. The number of halogens is 3. The molecule has 0 aromatic heterocycles. The summed E-state index contributed by atoms with van der Waals surface area (Å²) in [7, 11) is 0. The van der Waals surface area contributed by atoms with E-state index < -0.39 is 5.82 Å². The maximum Gasteiger partial charge on any atom is 0.255 e. The minimum atomic E-state index is -0.443. The predicted octanol–water partition coefficient (Wildman–Crippen LogP) is 3.32. The normalized spacial score (nSPS) is 19.7. The summed E-state index contributed by atoms with van der Waals surface area (Å²) in [6, 6.07) is 3.87. The van der Waals surface area contributed by atoms with Gasteiger partial charge in [-0.05, 0) is 31.0 Å². The van der Waals surface area contributed by atoms with E-state index in [1.165, 1.54) is 12.1 Å². The number of carbonyl (C=O) groups excluding carboxylic acids is 1. The van der Waals surface area contributed by atoms with Crippen LogP contribution in [-0.4, -0.2) is 29.3 Å². The van der Waals surface area contributed by atoms with Crippen LogP contribution in [0.2, 0.25) is 5.02 Å². The topological polar surface area (TPSA) is 20.3 Å². The van der Waals surface area contributed by atoms with E-state index in [0.29, 0.717) is 18.0 Å². The van der Waals surface area contributed by atoms with E-state index in [1.807, 2.05) is 0 Å². The highest BCUT2D eigenvalue weighted by Gasteiger charge is 2.29. The second kappa shape index (κ2) is 5.23. The zero-order valence-electron chi connectivity index (χ0n) is 9.13. The molecule has 0 saturated carbocycles. The maximum absolute atomic E-state index is 12.9. The fourth-order valence-corrected chi connectivity index (χ4v) is 2.65. The van der Waals surface area contributed by atoms with Gasteiger partial charge >= 0.3 is 0 Å². The van der Waals surface area contributed by atoms with Crippen LogP contribution in [0.25, 0.3) is 0 Å². The van der Waals surface area contributed by atoms with Crippen molar-refractivity contribution in [1.29, 1.82) is 0 Å². The molecule has 0 N–H and O–H groups in total. The Morgan fingerprint density at radius 2 is 2.29 bits per heavy atom. The van der Waals surface area contributed by atoms with Crippen LogP contribution in [-0.2, 0) is 0 Å². The number of amides is 1. The van der Waals surface area contributed by atoms with Crippen LogP contribution in [0.4, 0.5) is 4.39 Å². The van der Waals surface area contributed by atoms with Gasteiger partial charge in [0.15, 0.2) is 0 Å². The van der Waals surface area contributed by atoms with Crippen molar-refractivity contribution in [2.45, 2.75) is 18.9 Å². The first-order valence-corrected chi connectivity index (χ1v) is 6.36. The minimum Gasteiger partial charge on any atom is -0.334 e. The van der Waals surface area contributed by atoms with Gasteiger partial charge < -0.3 is 4.90 Å². The fraction of sp³-hybridized carbons (Fsp3) is 0.417. The molecule has 1 atom stereocenters. The van der Waals surface area contributed by atoms with E-state index in [9.17, 15) is 9.18 Å². The molecule has 0 bridgehead atoms. The van der Waals surface area contributed by atoms with Crippen LogP contribution in [0.1, 0.15) is 23.2 Å². The third-order valence-electron chi connectivity index (χ3n) is 2.98. The summed E-state index contributed by atoms with van der Waals surface area (Å²) in [5.41, 5.74) is 0.338. The molecule has 1 heterocycles. The number of benzene rings is 1. The molecule has 1 aromatic carbocycles. The average molecular weight is 276 g/mol. The molecule has 2 rings (SSSR count). The molecule has 17 heavy (non-hydrogen) atoms. The molecule has 1 unspecified atom stereocenters. The van der Waals surface area contributed by atoms with E-state index in [2.05, 4.69) is 0 Å². The number of nitrogens with zero attached hydrogens (tertiary/aromatic N) is 1. The third-order valence-corrected chi connectivity index (χ3v) is 3.65. The summed E-state index contributed by atoms with van der Waals surface area (Å²) >= 11 is 11.7. The molecule has 1 aromatic rings. The molecule has 5 heteroatoms. The predicted molar refractivity (Wildman–Crippen MR) is 66.2 cm³/mol. The van der Waals surface area contributed by atoms with Gasteiger partial charge in [-0.3, -0.25) is 4.79 Å². The second-order valence-electron chi connectivity index (χ2n) is 4.07. The Morgan fingerprint density at radius 1 is 1.53 bits per heavy atom. The Kier molecular flexibility index (Phi) is 3.89. The minimum absolute atomic E-state index is 0.0605. The lowest BCUT2D eigenvalue weighted by atomic mass is 10.1. The van der Waals surface area contributed by atoms with Crippen molar-refractivity contribution in [2.75, 3.05) is 12.4 Å². The van der Waals surface area contributed by atoms with Crippen molar-refractivity contribution < 1.29 is 9.18 Å². The summed E-state index contributed by atoms with van der Waals surface area (Å²) in [5.74, 6) is -0.190. The average Bonchev–Trinajstić information content (AvgIpc) is 2.76. The van der Waals surface area contributed by atoms with Gasteiger partial charge in [0, 0.05) is 18.5 Å². The standard InChI is InChI=1S/C12H12Cl2FNO/c13-7-9-2-1-5-16(9)12(17)10-4-3-8(15)6-11(10)14/h3-4,6,9H,1-2,5,7H2. The number of alkyl halides is 1. The molecule has 2 nitrogen and oxygen atoms in total. The number of hydrogen-bond donors (Lipinski definition) is 0. The van der Waals surface area contributed by atoms with E-state index in [4.69, 9.17) is 23.2 Å². The lowest BCUT2D eigenvalue weighted by molar-refractivity contribution is 0.0749. The van der Waals surface area contributed by atoms with Gasteiger partial charge in [-0.25, -0.2) is 4.39 Å². The van der Waals surface area contributed by atoms with Crippen molar-refractivity contribution in [3.05, 3.63) is 34.6 Å². The quantitative estimate of drug-likeness (QED) is 0.759. The third kappa shape index (κ3) is 2.55. The Labute approximate surface area is 109 Å². The van der Waals surface area contributed by atoms with Gasteiger partial charge in [-0.15, -0.1) is 11.6 Å². The van der Waals surface area contributed by atoms with Crippen LogP contribution >= 0.6 is 23.2 Å². The first-order valence-electron chi connectivity index (χ1n) is 5.45.